The molecule has 1 aromatic heterocycles. The first-order chi connectivity index (χ1) is 8.38. The maximum Gasteiger partial charge on any atom is 0.132 e. The molecule has 1 fully saturated rings. The summed E-state index contributed by atoms with van der Waals surface area (Å²) in [7, 11) is 0. The van der Waals surface area contributed by atoms with Gasteiger partial charge in [0.05, 0.1) is 12.2 Å². The Morgan fingerprint density at radius 1 is 1.22 bits per heavy atom. The van der Waals surface area contributed by atoms with Crippen LogP contribution in [-0.2, 0) is 10.2 Å². The zero-order valence-corrected chi connectivity index (χ0v) is 12.1. The lowest BCUT2D eigenvalue weighted by Gasteiger charge is -2.38. The minimum atomic E-state index is 0.119. The van der Waals surface area contributed by atoms with Gasteiger partial charge in [0.1, 0.15) is 5.82 Å². The average Bonchev–Trinajstić information content (AvgIpc) is 2.26. The van der Waals surface area contributed by atoms with Crippen molar-refractivity contribution in [3.05, 3.63) is 23.9 Å². The second-order valence-electron chi connectivity index (χ2n) is 6.29. The molecule has 0 saturated carbocycles. The highest BCUT2D eigenvalue weighted by Gasteiger charge is 2.27. The number of rotatable bonds is 1. The topological polar surface area (TPSA) is 25.4 Å². The summed E-state index contributed by atoms with van der Waals surface area (Å²) in [5, 5.41) is 0. The average molecular weight is 248 g/mol. The summed E-state index contributed by atoms with van der Waals surface area (Å²) in [4.78, 5) is 6.97. The predicted octanol–water partition coefficient (Wildman–Crippen LogP) is 2.99. The van der Waals surface area contributed by atoms with Gasteiger partial charge >= 0.3 is 0 Å². The van der Waals surface area contributed by atoms with Crippen molar-refractivity contribution in [2.75, 3.05) is 18.0 Å². The third-order valence-electron chi connectivity index (χ3n) is 3.31. The molecular weight excluding hydrogens is 224 g/mol. The summed E-state index contributed by atoms with van der Waals surface area (Å²) in [5.74, 6) is 1.12. The van der Waals surface area contributed by atoms with Crippen LogP contribution in [0.3, 0.4) is 0 Å². The molecule has 100 valence electrons. The van der Waals surface area contributed by atoms with Gasteiger partial charge in [0.25, 0.3) is 0 Å². The molecule has 1 saturated heterocycles. The van der Waals surface area contributed by atoms with Crippen molar-refractivity contribution >= 4 is 5.82 Å². The van der Waals surface area contributed by atoms with Crippen LogP contribution in [0.1, 0.15) is 40.2 Å². The van der Waals surface area contributed by atoms with E-state index in [1.54, 1.807) is 0 Å². The molecule has 1 aliphatic heterocycles. The van der Waals surface area contributed by atoms with E-state index in [0.717, 1.165) is 18.9 Å². The van der Waals surface area contributed by atoms with E-state index < -0.39 is 0 Å². The SMILES string of the molecule is C[C@@H]1CN(c2ncccc2C(C)(C)C)C[C@H](C)O1. The lowest BCUT2D eigenvalue weighted by Crippen LogP contribution is -2.46. The van der Waals surface area contributed by atoms with Gasteiger partial charge < -0.3 is 9.64 Å². The number of ether oxygens (including phenoxy) is 1. The summed E-state index contributed by atoms with van der Waals surface area (Å²) >= 11 is 0. The number of hydrogen-bond acceptors (Lipinski definition) is 3. The summed E-state index contributed by atoms with van der Waals surface area (Å²) in [6.45, 7) is 12.8. The van der Waals surface area contributed by atoms with E-state index >= 15 is 0 Å². The first-order valence-electron chi connectivity index (χ1n) is 6.74. The quantitative estimate of drug-likeness (QED) is 0.764. The van der Waals surface area contributed by atoms with Crippen molar-refractivity contribution in [2.24, 2.45) is 0 Å². The molecule has 0 amide bonds. The minimum Gasteiger partial charge on any atom is -0.372 e. The van der Waals surface area contributed by atoms with E-state index in [-0.39, 0.29) is 17.6 Å². The molecule has 3 heteroatoms. The Kier molecular flexibility index (Phi) is 3.62. The zero-order chi connectivity index (χ0) is 13.3. The molecule has 1 aliphatic rings. The smallest absolute Gasteiger partial charge is 0.132 e. The van der Waals surface area contributed by atoms with Crippen molar-refractivity contribution in [3.8, 4) is 0 Å². The van der Waals surface area contributed by atoms with Crippen LogP contribution in [0.15, 0.2) is 18.3 Å². The number of pyridine rings is 1. The summed E-state index contributed by atoms with van der Waals surface area (Å²) in [5.41, 5.74) is 1.43. The molecule has 0 bridgehead atoms. The molecule has 0 radical (unpaired) electrons. The maximum atomic E-state index is 5.79. The van der Waals surface area contributed by atoms with Crippen LogP contribution < -0.4 is 4.90 Å². The van der Waals surface area contributed by atoms with E-state index in [9.17, 15) is 0 Å². The van der Waals surface area contributed by atoms with Crippen LogP contribution in [0.4, 0.5) is 5.82 Å². The van der Waals surface area contributed by atoms with Crippen LogP contribution in [0.2, 0.25) is 0 Å². The second-order valence-corrected chi connectivity index (χ2v) is 6.29. The lowest BCUT2D eigenvalue weighted by molar-refractivity contribution is -0.00555. The monoisotopic (exact) mass is 248 g/mol. The van der Waals surface area contributed by atoms with Gasteiger partial charge in [-0.3, -0.25) is 0 Å². The third-order valence-corrected chi connectivity index (χ3v) is 3.31. The fourth-order valence-corrected chi connectivity index (χ4v) is 2.59. The molecule has 0 N–H and O–H groups in total. The first kappa shape index (κ1) is 13.3. The largest absolute Gasteiger partial charge is 0.372 e. The Hall–Kier alpha value is -1.09. The van der Waals surface area contributed by atoms with Gasteiger partial charge in [-0.1, -0.05) is 26.8 Å². The van der Waals surface area contributed by atoms with Gasteiger partial charge in [0, 0.05) is 24.8 Å². The van der Waals surface area contributed by atoms with Gasteiger partial charge in [-0.25, -0.2) is 4.98 Å². The molecule has 0 unspecified atom stereocenters. The number of aromatic nitrogens is 1. The predicted molar refractivity (Wildman–Crippen MR) is 75.2 cm³/mol. The van der Waals surface area contributed by atoms with Crippen molar-refractivity contribution in [2.45, 2.75) is 52.2 Å². The molecule has 1 aromatic rings. The Morgan fingerprint density at radius 2 is 1.83 bits per heavy atom. The number of nitrogens with zero attached hydrogens (tertiary/aromatic N) is 2. The first-order valence-corrected chi connectivity index (χ1v) is 6.74. The van der Waals surface area contributed by atoms with Crippen molar-refractivity contribution in [3.63, 3.8) is 0 Å². The molecule has 18 heavy (non-hydrogen) atoms. The summed E-state index contributed by atoms with van der Waals surface area (Å²) < 4.78 is 5.79. The van der Waals surface area contributed by atoms with Crippen molar-refractivity contribution in [1.29, 1.82) is 0 Å². The van der Waals surface area contributed by atoms with Crippen LogP contribution in [0.25, 0.3) is 0 Å². The van der Waals surface area contributed by atoms with E-state index in [1.165, 1.54) is 5.56 Å². The highest BCUT2D eigenvalue weighted by Crippen LogP contribution is 2.31. The third kappa shape index (κ3) is 2.83. The van der Waals surface area contributed by atoms with Gasteiger partial charge in [-0.15, -0.1) is 0 Å². The van der Waals surface area contributed by atoms with Gasteiger partial charge in [0.2, 0.25) is 0 Å². The zero-order valence-electron chi connectivity index (χ0n) is 12.1. The number of hydrogen-bond donors (Lipinski definition) is 0. The highest BCUT2D eigenvalue weighted by atomic mass is 16.5. The number of anilines is 1. The van der Waals surface area contributed by atoms with Gasteiger partial charge in [-0.05, 0) is 25.3 Å². The van der Waals surface area contributed by atoms with Crippen molar-refractivity contribution in [1.82, 2.24) is 4.98 Å². The Bertz CT molecular complexity index is 401. The van der Waals surface area contributed by atoms with Crippen molar-refractivity contribution < 1.29 is 4.74 Å². The lowest BCUT2D eigenvalue weighted by atomic mass is 9.87. The van der Waals surface area contributed by atoms with Crippen LogP contribution in [0, 0.1) is 0 Å². The normalized spacial score (nSPS) is 25.3. The standard InChI is InChI=1S/C15H24N2O/c1-11-9-17(10-12(2)18-11)14-13(15(3,4)5)7-6-8-16-14/h6-8,11-12H,9-10H2,1-5H3/t11-,12+. The Balaban J connectivity index is 2.33. The van der Waals surface area contributed by atoms with E-state index in [4.69, 9.17) is 4.74 Å². The van der Waals surface area contributed by atoms with Gasteiger partial charge in [0.15, 0.2) is 0 Å². The highest BCUT2D eigenvalue weighted by molar-refractivity contribution is 5.50. The second kappa shape index (κ2) is 4.88. The fraction of sp³-hybridized carbons (Fsp3) is 0.667. The molecule has 0 aromatic carbocycles. The summed E-state index contributed by atoms with van der Waals surface area (Å²) in [6, 6.07) is 4.21. The minimum absolute atomic E-state index is 0.119. The maximum absolute atomic E-state index is 5.79. The molecule has 3 nitrogen and oxygen atoms in total. The molecule has 0 aliphatic carbocycles. The molecular formula is C15H24N2O. The Morgan fingerprint density at radius 3 is 2.39 bits per heavy atom. The fourth-order valence-electron chi connectivity index (χ4n) is 2.59. The summed E-state index contributed by atoms with van der Waals surface area (Å²) in [6.07, 6.45) is 2.42. The van der Waals surface area contributed by atoms with Crippen LogP contribution in [0.5, 0.6) is 0 Å². The molecule has 2 rings (SSSR count). The van der Waals surface area contributed by atoms with E-state index in [0.29, 0.717) is 0 Å². The molecule has 0 spiro atoms. The van der Waals surface area contributed by atoms with E-state index in [1.807, 2.05) is 12.3 Å². The van der Waals surface area contributed by atoms with E-state index in [2.05, 4.69) is 50.6 Å². The Labute approximate surface area is 110 Å². The van der Waals surface area contributed by atoms with Crippen LogP contribution in [-0.4, -0.2) is 30.3 Å². The molecule has 2 heterocycles. The van der Waals surface area contributed by atoms with Gasteiger partial charge in [-0.2, -0.15) is 0 Å². The number of morpholine rings is 1. The van der Waals surface area contributed by atoms with Crippen LogP contribution >= 0.6 is 0 Å². The molecule has 2 atom stereocenters.